The molecule has 0 radical (unpaired) electrons. The molecule has 1 fully saturated rings. The fraction of sp³-hybridized carbons (Fsp3) is 0.620. The first-order chi connectivity index (χ1) is 30.6. The molecule has 2 unspecified atom stereocenters. The second-order valence-electron chi connectivity index (χ2n) is 18.3. The van der Waals surface area contributed by atoms with Crippen LogP contribution in [0.4, 0.5) is 5.69 Å². The van der Waals surface area contributed by atoms with Crippen molar-refractivity contribution in [3.63, 3.8) is 0 Å². The van der Waals surface area contributed by atoms with Crippen LogP contribution in [0.1, 0.15) is 96.3 Å². The molecule has 0 spiro atoms. The number of ether oxygens (including phenoxy) is 2. The lowest BCUT2D eigenvalue weighted by atomic mass is 9.89. The topological polar surface area (TPSA) is 145 Å². The number of thiazole rings is 1. The third-order valence-electron chi connectivity index (χ3n) is 13.2. The summed E-state index contributed by atoms with van der Waals surface area (Å²) in [7, 11) is 8.81. The van der Waals surface area contributed by atoms with Crippen molar-refractivity contribution >= 4 is 40.7 Å². The number of benzene rings is 2. The van der Waals surface area contributed by atoms with Gasteiger partial charge >= 0.3 is 0 Å². The molecule has 2 aromatic carbocycles. The minimum atomic E-state index is -0.790. The Bertz CT molecular complexity index is 1880. The third kappa shape index (κ3) is 13.8. The summed E-state index contributed by atoms with van der Waals surface area (Å²) in [5.74, 6) is -1.48. The second-order valence-corrected chi connectivity index (χ2v) is 19.2. The Balaban J connectivity index is 1.46. The molecule has 1 saturated heterocycles. The third-order valence-corrected chi connectivity index (χ3v) is 14.1. The lowest BCUT2D eigenvalue weighted by molar-refractivity contribution is -0.148. The first-order valence-electron chi connectivity index (χ1n) is 23.2. The zero-order valence-corrected chi connectivity index (χ0v) is 41.3. The van der Waals surface area contributed by atoms with Crippen molar-refractivity contribution in [2.24, 2.45) is 23.7 Å². The highest BCUT2D eigenvalue weighted by Gasteiger charge is 2.43. The quantitative estimate of drug-likeness (QED) is 0.0833. The van der Waals surface area contributed by atoms with Crippen LogP contribution in [-0.4, -0.2) is 128 Å². The Morgan fingerprint density at radius 1 is 0.891 bits per heavy atom. The fourth-order valence-corrected chi connectivity index (χ4v) is 10.0. The maximum atomic E-state index is 14.6. The van der Waals surface area contributed by atoms with E-state index >= 15 is 0 Å². The van der Waals surface area contributed by atoms with E-state index in [1.54, 1.807) is 32.4 Å². The molecular weight excluding hydrogens is 827 g/mol. The van der Waals surface area contributed by atoms with Crippen LogP contribution in [0, 0.1) is 23.7 Å². The van der Waals surface area contributed by atoms with Gasteiger partial charge in [-0.1, -0.05) is 97.4 Å². The van der Waals surface area contributed by atoms with E-state index in [0.717, 1.165) is 35.5 Å². The van der Waals surface area contributed by atoms with Gasteiger partial charge in [0.05, 0.1) is 48.7 Å². The van der Waals surface area contributed by atoms with Crippen molar-refractivity contribution < 1.29 is 28.7 Å². The maximum Gasteiger partial charge on any atom is 0.245 e. The summed E-state index contributed by atoms with van der Waals surface area (Å²) in [6.07, 6.45) is 4.19. The van der Waals surface area contributed by atoms with E-state index < -0.39 is 36.3 Å². The lowest BCUT2D eigenvalue weighted by Crippen LogP contribution is -2.60. The molecule has 9 atom stereocenters. The highest BCUT2D eigenvalue weighted by atomic mass is 32.1. The van der Waals surface area contributed by atoms with Gasteiger partial charge in [0.15, 0.2) is 0 Å². The molecular formula is C50H77N7O6S. The summed E-state index contributed by atoms with van der Waals surface area (Å²) >= 11 is 1.51. The Labute approximate surface area is 387 Å². The molecule has 3 N–H and O–H groups in total. The van der Waals surface area contributed by atoms with Crippen molar-refractivity contribution in [3.8, 4) is 0 Å². The van der Waals surface area contributed by atoms with Crippen LogP contribution in [0.15, 0.2) is 66.2 Å². The number of carbonyl (C=O) groups excluding carboxylic acids is 4. The number of hydrogen-bond acceptors (Lipinski definition) is 10. The molecule has 1 aromatic heterocycles. The summed E-state index contributed by atoms with van der Waals surface area (Å²) in [6.45, 7) is 15.1. The number of likely N-dealkylation sites (tertiary alicyclic amines) is 1. The lowest BCUT2D eigenvalue weighted by Gasteiger charge is -2.41. The minimum absolute atomic E-state index is 0.00127. The number of nitrogens with one attached hydrogen (secondary N) is 3. The first-order valence-corrected chi connectivity index (χ1v) is 24.1. The SMILES string of the molecule is CC[C@H](C)C([C@@H](CC(=O)N1CCC[C@H]1[C@H](OC)[C@@H](C)C(=O)N[C@@H](Cc1ccccc1)c1nccs1)OC)N(C)C(=O)[C@@H](NC(=O)C(C(C)C)N(C)CCc1ccc(NC)cc1)C(C)C. The van der Waals surface area contributed by atoms with Gasteiger partial charge in [0.2, 0.25) is 23.6 Å². The van der Waals surface area contributed by atoms with E-state index in [9.17, 15) is 19.2 Å². The van der Waals surface area contributed by atoms with Gasteiger partial charge in [-0.3, -0.25) is 24.1 Å². The van der Waals surface area contributed by atoms with E-state index in [1.165, 1.54) is 16.9 Å². The van der Waals surface area contributed by atoms with Gasteiger partial charge in [-0.25, -0.2) is 4.98 Å². The molecule has 1 aliphatic heterocycles. The van der Waals surface area contributed by atoms with Gasteiger partial charge in [0, 0.05) is 58.7 Å². The van der Waals surface area contributed by atoms with Crippen LogP contribution in [0.5, 0.6) is 0 Å². The Morgan fingerprint density at radius 3 is 2.14 bits per heavy atom. The van der Waals surface area contributed by atoms with E-state index in [1.807, 2.05) is 101 Å². The molecule has 1 aliphatic rings. The molecule has 2 heterocycles. The first kappa shape index (κ1) is 52.3. The van der Waals surface area contributed by atoms with E-state index in [0.29, 0.717) is 25.9 Å². The molecule has 3 aromatic rings. The average Bonchev–Trinajstić information content (AvgIpc) is 4.01. The molecule has 0 aliphatic carbocycles. The van der Waals surface area contributed by atoms with Crippen molar-refractivity contribution in [3.05, 3.63) is 82.3 Å². The number of rotatable bonds is 25. The highest BCUT2D eigenvalue weighted by molar-refractivity contribution is 7.09. The van der Waals surface area contributed by atoms with Crippen LogP contribution in [0.25, 0.3) is 0 Å². The van der Waals surface area contributed by atoms with Gasteiger partial charge in [0.1, 0.15) is 11.0 Å². The zero-order valence-electron chi connectivity index (χ0n) is 40.5. The average molecular weight is 904 g/mol. The van der Waals surface area contributed by atoms with Crippen molar-refractivity contribution in [2.75, 3.05) is 53.8 Å². The fourth-order valence-electron chi connectivity index (χ4n) is 9.33. The second kappa shape index (κ2) is 25.4. The molecule has 354 valence electrons. The number of nitrogens with zero attached hydrogens (tertiary/aromatic N) is 4. The Kier molecular flexibility index (Phi) is 20.7. The summed E-state index contributed by atoms with van der Waals surface area (Å²) in [4.78, 5) is 67.4. The van der Waals surface area contributed by atoms with Crippen LogP contribution in [-0.2, 0) is 41.5 Å². The number of likely N-dealkylation sites (N-methyl/N-ethyl adjacent to an activating group) is 2. The smallest absolute Gasteiger partial charge is 0.245 e. The standard InChI is InChI=1S/C50H77N7O6S/c1-13-34(6)45(56(10)50(61)43(32(2)3)54-48(60)44(33(4)5)55(9)28-25-36-21-23-38(51-8)24-22-36)41(62-11)31-42(58)57-27-17-20-40(57)46(63-12)35(7)47(59)53-39(49-52-26-29-64-49)30-37-18-15-14-16-19-37/h14-16,18-19,21-24,26,29,32-35,39-41,43-46,51H,13,17,20,25,27-28,30-31H2,1-12H3,(H,53,59)(H,54,60)/t34-,35+,39-,40-,41+,43-,44?,45?,46+/m0/s1. The largest absolute Gasteiger partial charge is 0.388 e. The van der Waals surface area contributed by atoms with Gasteiger partial charge in [-0.05, 0) is 73.7 Å². The van der Waals surface area contributed by atoms with Gasteiger partial charge in [0.25, 0.3) is 0 Å². The monoisotopic (exact) mass is 904 g/mol. The highest BCUT2D eigenvalue weighted by Crippen LogP contribution is 2.31. The predicted molar refractivity (Wildman–Crippen MR) is 257 cm³/mol. The Morgan fingerprint density at radius 2 is 1.58 bits per heavy atom. The number of aromatic nitrogens is 1. The molecule has 0 saturated carbocycles. The van der Waals surface area contributed by atoms with Crippen LogP contribution in [0.2, 0.25) is 0 Å². The zero-order chi connectivity index (χ0) is 47.1. The van der Waals surface area contributed by atoms with E-state index in [-0.39, 0.29) is 59.9 Å². The van der Waals surface area contributed by atoms with Crippen LogP contribution < -0.4 is 16.0 Å². The van der Waals surface area contributed by atoms with Crippen molar-refractivity contribution in [1.29, 1.82) is 0 Å². The summed E-state index contributed by atoms with van der Waals surface area (Å²) in [5, 5.41) is 12.3. The van der Waals surface area contributed by atoms with Gasteiger partial charge in [-0.2, -0.15) is 0 Å². The van der Waals surface area contributed by atoms with Crippen LogP contribution >= 0.6 is 11.3 Å². The number of anilines is 1. The summed E-state index contributed by atoms with van der Waals surface area (Å²) < 4.78 is 12.2. The molecule has 4 rings (SSSR count). The number of amides is 4. The minimum Gasteiger partial charge on any atom is -0.388 e. The normalized spacial score (nSPS) is 17.9. The number of carbonyl (C=O) groups is 4. The molecule has 64 heavy (non-hydrogen) atoms. The Hall–Kier alpha value is -4.37. The molecule has 4 amide bonds. The summed E-state index contributed by atoms with van der Waals surface area (Å²) in [6, 6.07) is 16.0. The van der Waals surface area contributed by atoms with E-state index in [4.69, 9.17) is 9.47 Å². The van der Waals surface area contributed by atoms with E-state index in [2.05, 4.69) is 51.8 Å². The number of methoxy groups -OCH3 is 2. The van der Waals surface area contributed by atoms with Gasteiger partial charge in [-0.15, -0.1) is 11.3 Å². The molecule has 13 nitrogen and oxygen atoms in total. The van der Waals surface area contributed by atoms with Crippen molar-refractivity contribution in [1.82, 2.24) is 30.3 Å². The van der Waals surface area contributed by atoms with Gasteiger partial charge < -0.3 is 35.2 Å². The maximum absolute atomic E-state index is 14.6. The number of hydrogen-bond donors (Lipinski definition) is 3. The van der Waals surface area contributed by atoms with Crippen LogP contribution in [0.3, 0.4) is 0 Å². The molecule has 0 bridgehead atoms. The van der Waals surface area contributed by atoms with Crippen molar-refractivity contribution in [2.45, 2.75) is 129 Å². The summed E-state index contributed by atoms with van der Waals surface area (Å²) in [5.41, 5.74) is 3.32. The predicted octanol–water partition coefficient (Wildman–Crippen LogP) is 6.85. The molecule has 14 heteroatoms.